The van der Waals surface area contributed by atoms with Crippen LogP contribution in [0.25, 0.3) is 0 Å². The molecule has 0 aliphatic rings. The average Bonchev–Trinajstić information content (AvgIpc) is 2.14. The molecule has 0 aromatic carbocycles. The lowest BCUT2D eigenvalue weighted by molar-refractivity contribution is 0.344. The number of hydrogen-bond donors (Lipinski definition) is 1. The van der Waals surface area contributed by atoms with E-state index in [0.717, 1.165) is 18.5 Å². The number of unbranched alkanes of at least 4 members (excludes halogenated alkanes) is 2. The molecule has 0 aliphatic heterocycles. The molecule has 0 fully saturated rings. The summed E-state index contributed by atoms with van der Waals surface area (Å²) in [7, 11) is 0. The molecule has 0 aromatic rings. The van der Waals surface area contributed by atoms with E-state index in [1.165, 1.54) is 32.1 Å². The summed E-state index contributed by atoms with van der Waals surface area (Å²) in [6, 6.07) is 0.738. The Balaban J connectivity index is 3.57. The zero-order valence-electron chi connectivity index (χ0n) is 9.90. The predicted octanol–water partition coefficient (Wildman–Crippen LogP) is 3.59. The summed E-state index contributed by atoms with van der Waals surface area (Å²) in [5, 5.41) is 3.56. The van der Waals surface area contributed by atoms with Gasteiger partial charge in [-0.3, -0.25) is 0 Å². The first-order chi connectivity index (χ1) is 6.26. The van der Waals surface area contributed by atoms with Gasteiger partial charge in [-0.25, -0.2) is 0 Å². The van der Waals surface area contributed by atoms with Gasteiger partial charge in [0.2, 0.25) is 0 Å². The van der Waals surface area contributed by atoms with Gasteiger partial charge in [-0.1, -0.05) is 47.0 Å². The lowest BCUT2D eigenvalue weighted by atomic mass is 9.93. The minimum absolute atomic E-state index is 0.738. The largest absolute Gasteiger partial charge is 0.314 e. The monoisotopic (exact) mass is 185 g/mol. The van der Waals surface area contributed by atoms with Gasteiger partial charge in [0.1, 0.15) is 0 Å². The second kappa shape index (κ2) is 8.55. The van der Waals surface area contributed by atoms with Crippen LogP contribution in [0.4, 0.5) is 0 Å². The molecule has 0 saturated carbocycles. The third kappa shape index (κ3) is 6.09. The Morgan fingerprint density at radius 3 is 2.23 bits per heavy atom. The summed E-state index contributed by atoms with van der Waals surface area (Å²) < 4.78 is 0. The molecule has 0 radical (unpaired) electrons. The highest BCUT2D eigenvalue weighted by Gasteiger charge is 2.12. The van der Waals surface area contributed by atoms with Gasteiger partial charge in [0.05, 0.1) is 0 Å². The first kappa shape index (κ1) is 13.0. The average molecular weight is 185 g/mol. The molecule has 0 aromatic heterocycles. The van der Waals surface area contributed by atoms with Crippen molar-refractivity contribution in [3.63, 3.8) is 0 Å². The second-order valence-electron chi connectivity index (χ2n) is 4.05. The van der Waals surface area contributed by atoms with Crippen molar-refractivity contribution in [2.24, 2.45) is 5.92 Å². The fourth-order valence-corrected chi connectivity index (χ4v) is 1.93. The number of nitrogens with one attached hydrogen (secondary N) is 1. The number of rotatable bonds is 8. The summed E-state index contributed by atoms with van der Waals surface area (Å²) in [5.41, 5.74) is 0. The first-order valence-electron chi connectivity index (χ1n) is 5.99. The highest BCUT2D eigenvalue weighted by atomic mass is 14.9. The Bertz CT molecular complexity index is 101. The topological polar surface area (TPSA) is 12.0 Å². The molecule has 1 N–H and O–H groups in total. The highest BCUT2D eigenvalue weighted by Crippen LogP contribution is 2.15. The van der Waals surface area contributed by atoms with E-state index in [-0.39, 0.29) is 0 Å². The molecule has 0 rings (SSSR count). The first-order valence-corrected chi connectivity index (χ1v) is 5.99. The van der Waals surface area contributed by atoms with Crippen LogP contribution in [0.5, 0.6) is 0 Å². The molecule has 2 unspecified atom stereocenters. The fraction of sp³-hybridized carbons (Fsp3) is 1.00. The normalized spacial score (nSPS) is 15.7. The van der Waals surface area contributed by atoms with Gasteiger partial charge in [0.25, 0.3) is 0 Å². The van der Waals surface area contributed by atoms with Crippen molar-refractivity contribution in [1.82, 2.24) is 5.32 Å². The molecule has 0 amide bonds. The summed E-state index contributed by atoms with van der Waals surface area (Å²) >= 11 is 0. The Kier molecular flexibility index (Phi) is 8.53. The number of hydrogen-bond acceptors (Lipinski definition) is 1. The van der Waals surface area contributed by atoms with E-state index in [1.807, 2.05) is 0 Å². The van der Waals surface area contributed by atoms with E-state index in [2.05, 4.69) is 33.0 Å². The summed E-state index contributed by atoms with van der Waals surface area (Å²) in [5.74, 6) is 0.844. The third-order valence-electron chi connectivity index (χ3n) is 2.86. The van der Waals surface area contributed by atoms with Crippen LogP contribution in [-0.4, -0.2) is 12.6 Å². The molecule has 0 aliphatic carbocycles. The standard InChI is InChI=1S/C12H27N/c1-5-8-9-10-11(4)12(6-2)13-7-3/h11-13H,5-10H2,1-4H3. The lowest BCUT2D eigenvalue weighted by Gasteiger charge is -2.23. The van der Waals surface area contributed by atoms with Crippen LogP contribution in [-0.2, 0) is 0 Å². The molecule has 1 heteroatoms. The van der Waals surface area contributed by atoms with Crippen LogP contribution in [0.1, 0.15) is 59.8 Å². The van der Waals surface area contributed by atoms with Crippen molar-refractivity contribution in [2.45, 2.75) is 65.8 Å². The van der Waals surface area contributed by atoms with Crippen molar-refractivity contribution in [3.8, 4) is 0 Å². The van der Waals surface area contributed by atoms with E-state index in [0.29, 0.717) is 0 Å². The van der Waals surface area contributed by atoms with E-state index >= 15 is 0 Å². The molecule has 0 bridgehead atoms. The molecular formula is C12H27N. The second-order valence-corrected chi connectivity index (χ2v) is 4.05. The molecular weight excluding hydrogens is 158 g/mol. The minimum Gasteiger partial charge on any atom is -0.314 e. The van der Waals surface area contributed by atoms with Gasteiger partial charge in [-0.05, 0) is 25.3 Å². The summed E-state index contributed by atoms with van der Waals surface area (Å²) in [6.45, 7) is 10.2. The SMILES string of the molecule is CCCCCC(C)C(CC)NCC. The van der Waals surface area contributed by atoms with Crippen molar-refractivity contribution in [3.05, 3.63) is 0 Å². The predicted molar refractivity (Wildman–Crippen MR) is 61.1 cm³/mol. The van der Waals surface area contributed by atoms with Gasteiger partial charge >= 0.3 is 0 Å². The van der Waals surface area contributed by atoms with Crippen molar-refractivity contribution < 1.29 is 0 Å². The summed E-state index contributed by atoms with van der Waals surface area (Å²) in [6.07, 6.45) is 6.79. The van der Waals surface area contributed by atoms with Crippen molar-refractivity contribution in [2.75, 3.05) is 6.54 Å². The molecule has 2 atom stereocenters. The van der Waals surface area contributed by atoms with Crippen LogP contribution < -0.4 is 5.32 Å². The zero-order valence-corrected chi connectivity index (χ0v) is 9.90. The zero-order chi connectivity index (χ0) is 10.1. The van der Waals surface area contributed by atoms with Crippen molar-refractivity contribution in [1.29, 1.82) is 0 Å². The van der Waals surface area contributed by atoms with E-state index < -0.39 is 0 Å². The molecule has 0 saturated heterocycles. The molecule has 1 nitrogen and oxygen atoms in total. The highest BCUT2D eigenvalue weighted by molar-refractivity contribution is 4.70. The van der Waals surface area contributed by atoms with Gasteiger partial charge in [0, 0.05) is 6.04 Å². The fourth-order valence-electron chi connectivity index (χ4n) is 1.93. The van der Waals surface area contributed by atoms with Gasteiger partial charge in [-0.2, -0.15) is 0 Å². The van der Waals surface area contributed by atoms with E-state index in [9.17, 15) is 0 Å². The maximum atomic E-state index is 3.56. The van der Waals surface area contributed by atoms with Crippen LogP contribution in [0.2, 0.25) is 0 Å². The van der Waals surface area contributed by atoms with Crippen LogP contribution >= 0.6 is 0 Å². The van der Waals surface area contributed by atoms with Crippen LogP contribution in [0.15, 0.2) is 0 Å². The van der Waals surface area contributed by atoms with Gasteiger partial charge < -0.3 is 5.32 Å². The Morgan fingerprint density at radius 1 is 1.08 bits per heavy atom. The lowest BCUT2D eigenvalue weighted by Crippen LogP contribution is -2.34. The summed E-state index contributed by atoms with van der Waals surface area (Å²) in [4.78, 5) is 0. The van der Waals surface area contributed by atoms with Gasteiger partial charge in [0.15, 0.2) is 0 Å². The Morgan fingerprint density at radius 2 is 1.77 bits per heavy atom. The van der Waals surface area contributed by atoms with Crippen molar-refractivity contribution >= 4 is 0 Å². The minimum atomic E-state index is 0.738. The van der Waals surface area contributed by atoms with E-state index in [1.54, 1.807) is 0 Å². The third-order valence-corrected chi connectivity index (χ3v) is 2.86. The molecule has 80 valence electrons. The molecule has 0 spiro atoms. The quantitative estimate of drug-likeness (QED) is 0.570. The maximum Gasteiger partial charge on any atom is 0.00899 e. The Hall–Kier alpha value is -0.0400. The van der Waals surface area contributed by atoms with Gasteiger partial charge in [-0.15, -0.1) is 0 Å². The Labute approximate surface area is 84.3 Å². The van der Waals surface area contributed by atoms with Crippen LogP contribution in [0, 0.1) is 5.92 Å². The molecule has 13 heavy (non-hydrogen) atoms. The van der Waals surface area contributed by atoms with Crippen LogP contribution in [0.3, 0.4) is 0 Å². The maximum absolute atomic E-state index is 3.56. The molecule has 0 heterocycles. The van der Waals surface area contributed by atoms with E-state index in [4.69, 9.17) is 0 Å². The smallest absolute Gasteiger partial charge is 0.00899 e.